The molecule has 0 unspecified atom stereocenters. The number of rotatable bonds is 5. The van der Waals surface area contributed by atoms with Crippen LogP contribution in [0.15, 0.2) is 27.6 Å². The van der Waals surface area contributed by atoms with Crippen molar-refractivity contribution in [3.05, 3.63) is 22.7 Å². The van der Waals surface area contributed by atoms with Crippen LogP contribution in [0.25, 0.3) is 0 Å². The smallest absolute Gasteiger partial charge is 0.241 e. The second kappa shape index (κ2) is 5.63. The van der Waals surface area contributed by atoms with E-state index in [0.29, 0.717) is 10.2 Å². The predicted octanol–water partition coefficient (Wildman–Crippen LogP) is 1.13. The van der Waals surface area contributed by atoms with Gasteiger partial charge in [-0.3, -0.25) is 0 Å². The minimum absolute atomic E-state index is 0.0102. The molecule has 9 heteroatoms. The highest BCUT2D eigenvalue weighted by atomic mass is 79.9. The van der Waals surface area contributed by atoms with Crippen LogP contribution in [0.4, 0.5) is 5.69 Å². The summed E-state index contributed by atoms with van der Waals surface area (Å²) in [5.74, 6) is 0. The summed E-state index contributed by atoms with van der Waals surface area (Å²) >= 11 is 3.13. The SMILES string of the molecule is CC(C)(CNS(=O)(=O)c1ccc(N)cc1Br)S(C)(=O)=O. The first-order valence-electron chi connectivity index (χ1n) is 5.61. The predicted molar refractivity (Wildman–Crippen MR) is 82.7 cm³/mol. The third kappa shape index (κ3) is 3.94. The number of benzene rings is 1. The van der Waals surface area contributed by atoms with Gasteiger partial charge in [0, 0.05) is 23.0 Å². The summed E-state index contributed by atoms with van der Waals surface area (Å²) in [6.45, 7) is 2.71. The topological polar surface area (TPSA) is 106 Å². The van der Waals surface area contributed by atoms with Gasteiger partial charge in [0.1, 0.15) is 0 Å². The molecular weight excluding hydrogens is 368 g/mol. The van der Waals surface area contributed by atoms with Gasteiger partial charge < -0.3 is 5.73 Å². The molecule has 1 aromatic carbocycles. The van der Waals surface area contributed by atoms with Crippen LogP contribution in [0.2, 0.25) is 0 Å². The Labute approximate surface area is 127 Å². The molecule has 0 amide bonds. The second-order valence-electron chi connectivity index (χ2n) is 5.05. The number of sulfone groups is 1. The molecule has 6 nitrogen and oxygen atoms in total. The minimum Gasteiger partial charge on any atom is -0.399 e. The highest BCUT2D eigenvalue weighted by Crippen LogP contribution is 2.24. The normalized spacial score (nSPS) is 13.4. The Morgan fingerprint density at radius 3 is 2.25 bits per heavy atom. The van der Waals surface area contributed by atoms with Crippen molar-refractivity contribution >= 4 is 41.5 Å². The van der Waals surface area contributed by atoms with Gasteiger partial charge in [0.2, 0.25) is 10.0 Å². The van der Waals surface area contributed by atoms with Gasteiger partial charge in [-0.25, -0.2) is 21.6 Å². The quantitative estimate of drug-likeness (QED) is 0.740. The highest BCUT2D eigenvalue weighted by Gasteiger charge is 2.32. The number of nitrogens with two attached hydrogens (primary N) is 1. The second-order valence-corrected chi connectivity index (χ2v) is 10.3. The van der Waals surface area contributed by atoms with E-state index in [-0.39, 0.29) is 11.4 Å². The first-order chi connectivity index (χ1) is 8.87. The zero-order valence-electron chi connectivity index (χ0n) is 11.3. The van der Waals surface area contributed by atoms with Gasteiger partial charge in [0.25, 0.3) is 0 Å². The molecule has 1 rings (SSSR count). The van der Waals surface area contributed by atoms with Crippen LogP contribution in [-0.2, 0) is 19.9 Å². The zero-order chi connectivity index (χ0) is 15.8. The summed E-state index contributed by atoms with van der Waals surface area (Å²) in [5.41, 5.74) is 5.97. The van der Waals surface area contributed by atoms with Crippen molar-refractivity contribution in [3.8, 4) is 0 Å². The van der Waals surface area contributed by atoms with Gasteiger partial charge in [0.05, 0.1) is 9.64 Å². The number of nitrogen functional groups attached to an aromatic ring is 1. The molecule has 0 heterocycles. The number of sulfonamides is 1. The maximum atomic E-state index is 12.2. The average molecular weight is 385 g/mol. The zero-order valence-corrected chi connectivity index (χ0v) is 14.6. The molecule has 0 aliphatic rings. The third-order valence-electron chi connectivity index (χ3n) is 2.94. The molecule has 0 bridgehead atoms. The van der Waals surface area contributed by atoms with Crippen molar-refractivity contribution in [1.29, 1.82) is 0 Å². The standard InChI is InChI=1S/C11H17BrN2O4S2/c1-11(2,19(3,15)16)7-14-20(17,18)10-5-4-8(13)6-9(10)12/h4-6,14H,7,13H2,1-3H3. The van der Waals surface area contributed by atoms with Crippen LogP contribution in [0.5, 0.6) is 0 Å². The van der Waals surface area contributed by atoms with Gasteiger partial charge in [-0.1, -0.05) is 0 Å². The molecule has 0 aliphatic heterocycles. The number of halogens is 1. The molecule has 114 valence electrons. The summed E-state index contributed by atoms with van der Waals surface area (Å²) in [5, 5.41) is 0. The Morgan fingerprint density at radius 1 is 1.25 bits per heavy atom. The number of nitrogens with one attached hydrogen (secondary N) is 1. The molecule has 0 spiro atoms. The van der Waals surface area contributed by atoms with Crippen molar-refractivity contribution in [2.45, 2.75) is 23.5 Å². The Hall–Kier alpha value is -0.640. The van der Waals surface area contributed by atoms with E-state index in [0.717, 1.165) is 6.26 Å². The summed E-state index contributed by atoms with van der Waals surface area (Å²) < 4.78 is 48.9. The van der Waals surface area contributed by atoms with Crippen molar-refractivity contribution < 1.29 is 16.8 Å². The fourth-order valence-electron chi connectivity index (χ4n) is 1.21. The molecule has 3 N–H and O–H groups in total. The van der Waals surface area contributed by atoms with Gasteiger partial charge in [-0.15, -0.1) is 0 Å². The summed E-state index contributed by atoms with van der Waals surface area (Å²) in [7, 11) is -7.20. The van der Waals surface area contributed by atoms with Crippen molar-refractivity contribution in [1.82, 2.24) is 4.72 Å². The van der Waals surface area contributed by atoms with Gasteiger partial charge in [-0.05, 0) is 48.0 Å². The Kier molecular flexibility index (Phi) is 4.90. The molecule has 0 atom stereocenters. The van der Waals surface area contributed by atoms with E-state index in [2.05, 4.69) is 20.7 Å². The van der Waals surface area contributed by atoms with Crippen LogP contribution < -0.4 is 10.5 Å². The molecule has 1 aromatic rings. The lowest BCUT2D eigenvalue weighted by atomic mass is 10.2. The van der Waals surface area contributed by atoms with Crippen LogP contribution in [0.3, 0.4) is 0 Å². The minimum atomic E-state index is -3.82. The van der Waals surface area contributed by atoms with E-state index in [1.165, 1.54) is 32.0 Å². The lowest BCUT2D eigenvalue weighted by Gasteiger charge is -2.22. The Morgan fingerprint density at radius 2 is 1.80 bits per heavy atom. The number of hydrogen-bond acceptors (Lipinski definition) is 5. The third-order valence-corrected chi connectivity index (χ3v) is 7.47. The van der Waals surface area contributed by atoms with E-state index in [1.807, 2.05) is 0 Å². The summed E-state index contributed by atoms with van der Waals surface area (Å²) in [4.78, 5) is 0.0102. The van der Waals surface area contributed by atoms with Gasteiger partial charge in [0.15, 0.2) is 9.84 Å². The van der Waals surface area contributed by atoms with Crippen molar-refractivity contribution in [2.75, 3.05) is 18.5 Å². The molecule has 0 aliphatic carbocycles. The maximum Gasteiger partial charge on any atom is 0.241 e. The average Bonchev–Trinajstić information content (AvgIpc) is 2.24. The molecule has 20 heavy (non-hydrogen) atoms. The lowest BCUT2D eigenvalue weighted by molar-refractivity contribution is 0.537. The summed E-state index contributed by atoms with van der Waals surface area (Å²) in [6.07, 6.45) is 1.07. The van der Waals surface area contributed by atoms with Crippen molar-refractivity contribution in [2.24, 2.45) is 0 Å². The van der Waals surface area contributed by atoms with E-state index >= 15 is 0 Å². The van der Waals surface area contributed by atoms with E-state index in [1.54, 1.807) is 0 Å². The molecule has 0 saturated carbocycles. The largest absolute Gasteiger partial charge is 0.399 e. The number of hydrogen-bond donors (Lipinski definition) is 2. The molecule has 0 radical (unpaired) electrons. The van der Waals surface area contributed by atoms with Crippen LogP contribution in [0, 0.1) is 0 Å². The molecule has 0 aromatic heterocycles. The maximum absolute atomic E-state index is 12.2. The monoisotopic (exact) mass is 384 g/mol. The molecule has 0 fully saturated rings. The first kappa shape index (κ1) is 17.4. The Bertz CT molecular complexity index is 712. The van der Waals surface area contributed by atoms with Crippen molar-refractivity contribution in [3.63, 3.8) is 0 Å². The molecular formula is C11H17BrN2O4S2. The van der Waals surface area contributed by atoms with E-state index in [4.69, 9.17) is 5.73 Å². The summed E-state index contributed by atoms with van der Waals surface area (Å²) in [6, 6.07) is 4.28. The van der Waals surface area contributed by atoms with Gasteiger partial charge in [-0.2, -0.15) is 0 Å². The van der Waals surface area contributed by atoms with Gasteiger partial charge >= 0.3 is 0 Å². The lowest BCUT2D eigenvalue weighted by Crippen LogP contribution is -2.43. The van der Waals surface area contributed by atoms with E-state index < -0.39 is 24.6 Å². The fourth-order valence-corrected chi connectivity index (χ4v) is 3.94. The Balaban J connectivity index is 3.03. The van der Waals surface area contributed by atoms with Crippen LogP contribution in [0.1, 0.15) is 13.8 Å². The van der Waals surface area contributed by atoms with E-state index in [9.17, 15) is 16.8 Å². The van der Waals surface area contributed by atoms with Crippen LogP contribution >= 0.6 is 15.9 Å². The fraction of sp³-hybridized carbons (Fsp3) is 0.455. The number of anilines is 1. The molecule has 0 saturated heterocycles. The van der Waals surface area contributed by atoms with Crippen LogP contribution in [-0.4, -0.2) is 34.4 Å². The first-order valence-corrected chi connectivity index (χ1v) is 9.78. The highest BCUT2D eigenvalue weighted by molar-refractivity contribution is 9.10.